The summed E-state index contributed by atoms with van der Waals surface area (Å²) in [7, 11) is 0. The highest BCUT2D eigenvalue weighted by Gasteiger charge is 2.58. The highest BCUT2D eigenvalue weighted by Crippen LogP contribution is 2.49. The fourth-order valence-electron chi connectivity index (χ4n) is 21.6. The van der Waals surface area contributed by atoms with E-state index >= 15 is 24.0 Å². The second-order valence-electron chi connectivity index (χ2n) is 43.6. The van der Waals surface area contributed by atoms with Gasteiger partial charge in [-0.3, -0.25) is 24.0 Å². The first-order chi connectivity index (χ1) is 51.7. The van der Waals surface area contributed by atoms with E-state index in [1.807, 2.05) is 180 Å². The molecule has 0 aliphatic carbocycles. The molecule has 1 aromatic rings. The van der Waals surface area contributed by atoms with Crippen LogP contribution in [0.5, 0.6) is 0 Å². The molecule has 0 bridgehead atoms. The number of benzene rings is 1. The lowest BCUT2D eigenvalue weighted by Gasteiger charge is -2.52. The molecule has 6 fully saturated rings. The van der Waals surface area contributed by atoms with E-state index in [0.717, 1.165) is 29.5 Å². The quantitative estimate of drug-likeness (QED) is 0.0212. The molecule has 1 aromatic carbocycles. The number of rotatable bonds is 34. The van der Waals surface area contributed by atoms with Gasteiger partial charge in [-0.15, -0.1) is 0 Å². The second kappa shape index (κ2) is 35.8. The molecule has 23 nitrogen and oxygen atoms in total. The zero-order valence-corrected chi connectivity index (χ0v) is 75.5. The predicted octanol–water partition coefficient (Wildman–Crippen LogP) is 18.4. The summed E-state index contributed by atoms with van der Waals surface area (Å²) in [5.41, 5.74) is -10.4. The minimum Gasteiger partial charge on any atom is -0.462 e. The number of carbonyl (C=O) groups is 5. The van der Waals surface area contributed by atoms with Crippen LogP contribution in [0.25, 0.3) is 0 Å². The number of unbranched alkanes of at least 4 members (excludes halogenated alkanes) is 3. The molecular weight excluding hydrogens is 1440 g/mol. The minimum absolute atomic E-state index is 0.0715. The molecule has 0 aromatic heterocycles. The van der Waals surface area contributed by atoms with Crippen LogP contribution in [0.4, 0.5) is 0 Å². The molecule has 0 saturated carbocycles. The number of nitrogens with zero attached hydrogens (tertiary/aromatic N) is 6. The zero-order chi connectivity index (χ0) is 85.3. The lowest BCUT2D eigenvalue weighted by Crippen LogP contribution is -2.61. The van der Waals surface area contributed by atoms with Gasteiger partial charge in [0, 0.05) is 131 Å². The van der Waals surface area contributed by atoms with Crippen LogP contribution in [-0.4, -0.2) is 201 Å². The van der Waals surface area contributed by atoms with Crippen LogP contribution in [0, 0.1) is 16.2 Å². The number of hydrogen-bond acceptors (Lipinski definition) is 23. The van der Waals surface area contributed by atoms with Crippen LogP contribution in [0.1, 0.15) is 377 Å². The molecule has 650 valence electrons. The van der Waals surface area contributed by atoms with E-state index in [9.17, 15) is 31.2 Å². The van der Waals surface area contributed by atoms with Gasteiger partial charge in [0.05, 0.1) is 18.1 Å². The van der Waals surface area contributed by atoms with Crippen molar-refractivity contribution in [3.05, 3.63) is 34.9 Å². The molecule has 113 heavy (non-hydrogen) atoms. The Balaban J connectivity index is 1.32. The highest BCUT2D eigenvalue weighted by molar-refractivity contribution is 6.01. The van der Waals surface area contributed by atoms with E-state index in [1.54, 1.807) is 0 Å². The molecule has 1 unspecified atom stereocenters. The Kier molecular flexibility index (Phi) is 30.4. The average molecular weight is 1600 g/mol. The van der Waals surface area contributed by atoms with Crippen molar-refractivity contribution in [2.45, 2.75) is 483 Å². The van der Waals surface area contributed by atoms with Crippen molar-refractivity contribution in [3.8, 4) is 0 Å². The fraction of sp³-hybridized carbons (Fsp3) is 0.878. The van der Waals surface area contributed by atoms with Gasteiger partial charge in [0.15, 0.2) is 10.8 Å². The first kappa shape index (κ1) is 96.2. The summed E-state index contributed by atoms with van der Waals surface area (Å²) in [5.74, 6) is -2.95. The van der Waals surface area contributed by atoms with Crippen molar-refractivity contribution in [2.75, 3.05) is 6.61 Å². The van der Waals surface area contributed by atoms with Crippen molar-refractivity contribution in [1.29, 1.82) is 0 Å². The molecule has 6 N–H and O–H groups in total. The zero-order valence-electron chi connectivity index (χ0n) is 75.5. The molecule has 23 heteroatoms. The van der Waals surface area contributed by atoms with Gasteiger partial charge in [-0.05, 0) is 273 Å². The van der Waals surface area contributed by atoms with Crippen LogP contribution >= 0.6 is 0 Å². The number of ether oxygens (including phenoxy) is 6. The van der Waals surface area contributed by atoms with E-state index < -0.39 is 137 Å². The largest absolute Gasteiger partial charge is 0.462 e. The third-order valence-electron chi connectivity index (χ3n) is 27.0. The second-order valence-corrected chi connectivity index (χ2v) is 43.6. The van der Waals surface area contributed by atoms with Crippen molar-refractivity contribution in [3.63, 3.8) is 0 Å². The van der Waals surface area contributed by atoms with Crippen LogP contribution in [0.3, 0.4) is 0 Å². The number of esters is 5. The van der Waals surface area contributed by atoms with E-state index in [4.69, 9.17) is 28.4 Å². The van der Waals surface area contributed by atoms with Gasteiger partial charge in [-0.1, -0.05) is 77.5 Å². The average Bonchev–Trinajstić information content (AvgIpc) is 0.778. The Morgan fingerprint density at radius 3 is 0.814 bits per heavy atom. The summed E-state index contributed by atoms with van der Waals surface area (Å²) in [6.45, 7) is 52.7. The smallest absolute Gasteiger partial charge is 0.323 e. The molecule has 0 spiro atoms. The minimum atomic E-state index is -1.76. The number of aryl methyl sites for hydroxylation is 3. The van der Waals surface area contributed by atoms with Crippen molar-refractivity contribution < 1.29 is 83.6 Å². The molecule has 1 atom stereocenters. The number of hydroxylamine groups is 12. The van der Waals surface area contributed by atoms with Crippen LogP contribution in [-0.2, 0) is 71.7 Å². The third kappa shape index (κ3) is 22.4. The van der Waals surface area contributed by atoms with Gasteiger partial charge in [0.25, 0.3) is 0 Å². The van der Waals surface area contributed by atoms with Crippen molar-refractivity contribution in [2.24, 2.45) is 16.2 Å². The lowest BCUT2D eigenvalue weighted by molar-refractivity contribution is -0.265. The Labute approximate surface area is 681 Å². The normalized spacial score (nSPS) is 25.1. The fourth-order valence-corrected chi connectivity index (χ4v) is 21.6. The summed E-state index contributed by atoms with van der Waals surface area (Å²) >= 11 is 0. The molecule has 6 saturated heterocycles. The highest BCUT2D eigenvalue weighted by atomic mass is 16.6. The Hall–Kier alpha value is -3.95. The van der Waals surface area contributed by atoms with Gasteiger partial charge in [-0.25, -0.2) is 0 Å². The van der Waals surface area contributed by atoms with Crippen LogP contribution < -0.4 is 0 Å². The van der Waals surface area contributed by atoms with E-state index in [-0.39, 0.29) is 44.4 Å². The topological polar surface area (TPSA) is 282 Å². The summed E-state index contributed by atoms with van der Waals surface area (Å²) in [4.78, 5) is 78.6. The third-order valence-corrected chi connectivity index (χ3v) is 27.0. The molecular formula is C90H158N6O17. The first-order valence-corrected chi connectivity index (χ1v) is 43.4. The maximum Gasteiger partial charge on any atom is 0.323 e. The van der Waals surface area contributed by atoms with Crippen molar-refractivity contribution in [1.82, 2.24) is 30.4 Å². The molecule has 0 radical (unpaired) electrons. The lowest BCUT2D eigenvalue weighted by atomic mass is 9.75. The molecule has 6 aliphatic heterocycles. The van der Waals surface area contributed by atoms with E-state index in [2.05, 4.69) is 25.1 Å². The number of hydrogen-bond donors (Lipinski definition) is 6. The van der Waals surface area contributed by atoms with Gasteiger partial charge < -0.3 is 59.7 Å². The Morgan fingerprint density at radius 2 is 0.531 bits per heavy atom. The molecule has 0 amide bonds. The van der Waals surface area contributed by atoms with E-state index in [1.165, 1.54) is 30.4 Å². The monoisotopic (exact) mass is 1600 g/mol. The van der Waals surface area contributed by atoms with Gasteiger partial charge >= 0.3 is 29.8 Å². The van der Waals surface area contributed by atoms with Gasteiger partial charge in [0.2, 0.25) is 0 Å². The van der Waals surface area contributed by atoms with Crippen LogP contribution in [0.2, 0.25) is 0 Å². The van der Waals surface area contributed by atoms with Gasteiger partial charge in [0.1, 0.15) is 30.5 Å². The maximum atomic E-state index is 15.8. The van der Waals surface area contributed by atoms with Crippen molar-refractivity contribution >= 4 is 29.8 Å². The Morgan fingerprint density at radius 1 is 0.310 bits per heavy atom. The summed E-state index contributed by atoms with van der Waals surface area (Å²) in [6, 6.07) is 6.41. The number of piperidine rings is 6. The summed E-state index contributed by atoms with van der Waals surface area (Å²) < 4.78 is 40.5. The van der Waals surface area contributed by atoms with Crippen LogP contribution in [0.15, 0.2) is 18.2 Å². The molecule has 6 aliphatic rings. The van der Waals surface area contributed by atoms with Gasteiger partial charge in [-0.2, -0.15) is 30.4 Å². The molecule has 7 rings (SSSR count). The number of carbonyl (C=O) groups excluding carboxylic acids is 5. The maximum absolute atomic E-state index is 15.8. The summed E-state index contributed by atoms with van der Waals surface area (Å²) in [5, 5.41) is 76.6. The SMILES string of the molecule is CCCCC(CCCc1ccc(CCCC(CCCC)(C(=O)OC2CC(C)(C)N(O)C(C)(C)C2)C(=O)OC2CC(C)(C)N(O)C(C)(C)C2)cc1CCCC(CCCC)(C(=O)OC1CC(C)(C)N(O)C(C)(C)C1)C(=O)OC1CC(C)(C)N(O)C(C)(C)C1)(COC1CC(C)(C)N(O)C(C)(C)C1)C(=O)OC1CC(C)(C)N(O)C(C)(C)C1. The summed E-state index contributed by atoms with van der Waals surface area (Å²) in [6.07, 6.45) is 9.09. The first-order valence-electron chi connectivity index (χ1n) is 43.4. The molecule has 6 heterocycles. The standard InChI is InChI=1S/C90H158N6O17/c1-28-31-42-88(61-108-65-49-76(4,5)91(102)77(6,7)50-65,71(97)109-66-51-78(8,9)92(103)79(10,11)52-66)43-35-38-63-41-40-62(37-34-46-89(44-32-29-2,72(98)110-67-53-80(12,13)93(104)81(14,15)54-67)73(99)111-68-55-82(16,17)94(105)83(18,19)56-68)48-64(63)39-36-47-90(45-33-30-3,74(100)112-69-57-84(20,21)95(106)85(22,23)58-69)75(101)113-70-59-86(24,25)96(107)87(26,27)60-70/h40-41,48,65-70,102-107H,28-39,42-47,49-61H2,1-27H3. The Bertz CT molecular complexity index is 3170. The van der Waals surface area contributed by atoms with E-state index in [0.29, 0.717) is 154 Å². The predicted molar refractivity (Wildman–Crippen MR) is 436 cm³/mol.